The monoisotopic (exact) mass is 593 g/mol. The summed E-state index contributed by atoms with van der Waals surface area (Å²) < 4.78 is 29.9. The van der Waals surface area contributed by atoms with Crippen molar-refractivity contribution in [2.24, 2.45) is 0 Å². The molecule has 228 valence electrons. The normalized spacial score (nSPS) is 14.1. The number of amides is 4. The maximum atomic E-state index is 15.0. The van der Waals surface area contributed by atoms with Crippen LogP contribution in [0.5, 0.6) is 0 Å². The van der Waals surface area contributed by atoms with Gasteiger partial charge >= 0.3 is 0 Å². The lowest BCUT2D eigenvalue weighted by atomic mass is 9.86. The Kier molecular flexibility index (Phi) is 10.4. The predicted octanol–water partition coefficient (Wildman–Crippen LogP) is 2.93. The van der Waals surface area contributed by atoms with Crippen LogP contribution < -0.4 is 21.3 Å². The van der Waals surface area contributed by atoms with E-state index in [9.17, 15) is 23.6 Å². The summed E-state index contributed by atoms with van der Waals surface area (Å²) in [5, 5.41) is 13.3. The van der Waals surface area contributed by atoms with Gasteiger partial charge in [-0.2, -0.15) is 0 Å². The van der Waals surface area contributed by atoms with E-state index in [2.05, 4.69) is 21.3 Å². The third kappa shape index (κ3) is 7.16. The van der Waals surface area contributed by atoms with Crippen LogP contribution in [-0.2, 0) is 16.0 Å². The van der Waals surface area contributed by atoms with Crippen LogP contribution in [0.3, 0.4) is 0 Å². The molecule has 0 radical (unpaired) electrons. The fraction of sp³-hybridized carbons (Fsp3) is 0.375. The number of piperidine rings is 1. The van der Waals surface area contributed by atoms with Gasteiger partial charge in [-0.1, -0.05) is 42.5 Å². The standard InChI is InChI=1S/C32H37F2N5O4/c1-3-39(4-2)30(42)28-25(34)13-12-24(33)27(28)29(41)38-32(14-16-35-17-15-32)31(43)37-19-18-36-26(40)20-22-10-7-9-21-8-5-6-11-23(21)22/h5-13,35H,3-4,14-20H2,1-2H3,(H,36,40)(H,37,43)(H,38,41). The molecule has 1 aliphatic heterocycles. The lowest BCUT2D eigenvalue weighted by Crippen LogP contribution is -2.63. The van der Waals surface area contributed by atoms with Gasteiger partial charge in [-0.15, -0.1) is 0 Å². The lowest BCUT2D eigenvalue weighted by Gasteiger charge is -2.37. The average Bonchev–Trinajstić information content (AvgIpc) is 3.01. The topological polar surface area (TPSA) is 120 Å². The Hall–Kier alpha value is -4.38. The number of rotatable bonds is 11. The van der Waals surface area contributed by atoms with Crippen molar-refractivity contribution in [1.82, 2.24) is 26.2 Å². The molecule has 0 saturated carbocycles. The Morgan fingerprint density at radius 3 is 2.16 bits per heavy atom. The number of carbonyl (C=O) groups is 4. The summed E-state index contributed by atoms with van der Waals surface area (Å²) >= 11 is 0. The molecule has 0 bridgehead atoms. The number of nitrogens with one attached hydrogen (secondary N) is 4. The number of carbonyl (C=O) groups excluding carboxylic acids is 4. The second-order valence-electron chi connectivity index (χ2n) is 10.5. The molecule has 0 unspecified atom stereocenters. The van der Waals surface area contributed by atoms with Crippen molar-refractivity contribution in [1.29, 1.82) is 0 Å². The summed E-state index contributed by atoms with van der Waals surface area (Å²) in [7, 11) is 0. The van der Waals surface area contributed by atoms with E-state index < -0.39 is 46.0 Å². The van der Waals surface area contributed by atoms with E-state index in [1.807, 2.05) is 42.5 Å². The maximum absolute atomic E-state index is 15.0. The van der Waals surface area contributed by atoms with Crippen molar-refractivity contribution < 1.29 is 28.0 Å². The first kappa shape index (κ1) is 31.6. The number of hydrogen-bond acceptors (Lipinski definition) is 5. The molecule has 1 aliphatic rings. The van der Waals surface area contributed by atoms with Crippen LogP contribution in [-0.4, -0.2) is 73.3 Å². The van der Waals surface area contributed by atoms with Gasteiger partial charge in [0, 0.05) is 26.2 Å². The quantitative estimate of drug-likeness (QED) is 0.255. The fourth-order valence-corrected chi connectivity index (χ4v) is 5.42. The third-order valence-corrected chi connectivity index (χ3v) is 7.80. The molecule has 1 fully saturated rings. The molecular formula is C32H37F2N5O4. The fourth-order valence-electron chi connectivity index (χ4n) is 5.42. The van der Waals surface area contributed by atoms with Crippen LogP contribution in [0.4, 0.5) is 8.78 Å². The number of hydrogen-bond donors (Lipinski definition) is 4. The zero-order chi connectivity index (χ0) is 31.0. The first-order chi connectivity index (χ1) is 20.7. The van der Waals surface area contributed by atoms with Gasteiger partial charge in [0.15, 0.2) is 0 Å². The summed E-state index contributed by atoms with van der Waals surface area (Å²) in [5.41, 5.74) is -1.94. The SMILES string of the molecule is CCN(CC)C(=O)c1c(F)ccc(F)c1C(=O)NC1(C(=O)NCCNC(=O)Cc2cccc3ccccc23)CCNCC1. The highest BCUT2D eigenvalue weighted by molar-refractivity contribution is 6.09. The Labute approximate surface area is 249 Å². The molecule has 3 aromatic carbocycles. The molecule has 4 N–H and O–H groups in total. The van der Waals surface area contributed by atoms with E-state index >= 15 is 4.39 Å². The van der Waals surface area contributed by atoms with Crippen LogP contribution in [0.1, 0.15) is 53.0 Å². The summed E-state index contributed by atoms with van der Waals surface area (Å²) in [4.78, 5) is 53.8. The highest BCUT2D eigenvalue weighted by Crippen LogP contribution is 2.24. The average molecular weight is 594 g/mol. The zero-order valence-electron chi connectivity index (χ0n) is 24.4. The molecule has 4 amide bonds. The van der Waals surface area contributed by atoms with Crippen LogP contribution in [0.2, 0.25) is 0 Å². The number of fused-ring (bicyclic) bond motifs is 1. The van der Waals surface area contributed by atoms with Gasteiger partial charge in [-0.3, -0.25) is 19.2 Å². The summed E-state index contributed by atoms with van der Waals surface area (Å²) in [6.45, 7) is 4.89. The summed E-state index contributed by atoms with van der Waals surface area (Å²) in [5.74, 6) is -4.66. The van der Waals surface area contributed by atoms with Crippen LogP contribution in [0.25, 0.3) is 10.8 Å². The van der Waals surface area contributed by atoms with Gasteiger partial charge in [0.2, 0.25) is 11.8 Å². The molecule has 43 heavy (non-hydrogen) atoms. The van der Waals surface area contributed by atoms with Crippen molar-refractivity contribution >= 4 is 34.4 Å². The molecule has 3 aromatic rings. The van der Waals surface area contributed by atoms with Crippen LogP contribution >= 0.6 is 0 Å². The number of halogens is 2. The predicted molar refractivity (Wildman–Crippen MR) is 160 cm³/mol. The number of benzene rings is 3. The first-order valence-corrected chi connectivity index (χ1v) is 14.5. The van der Waals surface area contributed by atoms with E-state index in [1.165, 1.54) is 4.90 Å². The van der Waals surface area contributed by atoms with E-state index in [-0.39, 0.29) is 51.3 Å². The van der Waals surface area contributed by atoms with E-state index in [0.29, 0.717) is 13.1 Å². The largest absolute Gasteiger partial charge is 0.354 e. The van der Waals surface area contributed by atoms with Gasteiger partial charge in [0.05, 0.1) is 17.5 Å². The minimum atomic E-state index is -1.43. The van der Waals surface area contributed by atoms with Crippen molar-refractivity contribution in [3.63, 3.8) is 0 Å². The molecule has 0 spiro atoms. The Bertz CT molecular complexity index is 1500. The van der Waals surface area contributed by atoms with E-state index in [4.69, 9.17) is 0 Å². The summed E-state index contributed by atoms with van der Waals surface area (Å²) in [6, 6.07) is 15.2. The molecule has 1 saturated heterocycles. The Morgan fingerprint density at radius 2 is 1.47 bits per heavy atom. The Balaban J connectivity index is 1.42. The second-order valence-corrected chi connectivity index (χ2v) is 10.5. The van der Waals surface area contributed by atoms with Crippen LogP contribution in [0.15, 0.2) is 54.6 Å². The van der Waals surface area contributed by atoms with Crippen molar-refractivity contribution in [3.05, 3.63) is 82.9 Å². The van der Waals surface area contributed by atoms with Gasteiger partial charge in [-0.05, 0) is 68.2 Å². The third-order valence-electron chi connectivity index (χ3n) is 7.80. The number of nitrogens with zero attached hydrogens (tertiary/aromatic N) is 1. The summed E-state index contributed by atoms with van der Waals surface area (Å²) in [6.07, 6.45) is 0.553. The molecule has 0 aliphatic carbocycles. The van der Waals surface area contributed by atoms with Crippen molar-refractivity contribution in [3.8, 4) is 0 Å². The minimum Gasteiger partial charge on any atom is -0.354 e. The lowest BCUT2D eigenvalue weighted by molar-refractivity contribution is -0.128. The van der Waals surface area contributed by atoms with E-state index in [1.54, 1.807) is 13.8 Å². The molecule has 4 rings (SSSR count). The molecule has 0 aromatic heterocycles. The molecule has 9 nitrogen and oxygen atoms in total. The van der Waals surface area contributed by atoms with Gasteiger partial charge in [0.25, 0.3) is 11.8 Å². The highest BCUT2D eigenvalue weighted by atomic mass is 19.1. The molecular weight excluding hydrogens is 556 g/mol. The van der Waals surface area contributed by atoms with Gasteiger partial charge in [-0.25, -0.2) is 8.78 Å². The zero-order valence-corrected chi connectivity index (χ0v) is 24.4. The molecule has 11 heteroatoms. The van der Waals surface area contributed by atoms with Crippen molar-refractivity contribution in [2.45, 2.75) is 38.6 Å². The first-order valence-electron chi connectivity index (χ1n) is 14.5. The second kappa shape index (κ2) is 14.2. The smallest absolute Gasteiger partial charge is 0.257 e. The highest BCUT2D eigenvalue weighted by Gasteiger charge is 2.42. The minimum absolute atomic E-state index is 0.0885. The molecule has 0 atom stereocenters. The Morgan fingerprint density at radius 1 is 0.837 bits per heavy atom. The molecule has 1 heterocycles. The van der Waals surface area contributed by atoms with Gasteiger partial charge < -0.3 is 26.2 Å². The van der Waals surface area contributed by atoms with E-state index in [0.717, 1.165) is 28.5 Å². The van der Waals surface area contributed by atoms with Gasteiger partial charge in [0.1, 0.15) is 17.2 Å². The van der Waals surface area contributed by atoms with Crippen LogP contribution in [0, 0.1) is 11.6 Å². The maximum Gasteiger partial charge on any atom is 0.257 e. The van der Waals surface area contributed by atoms with Crippen molar-refractivity contribution in [2.75, 3.05) is 39.3 Å².